The normalized spacial score (nSPS) is 15.9. The van der Waals surface area contributed by atoms with Crippen molar-refractivity contribution in [2.75, 3.05) is 18.4 Å². The highest BCUT2D eigenvalue weighted by Gasteiger charge is 2.45. The maximum absolute atomic E-state index is 13.8. The number of halogens is 5. The molecule has 33 heavy (non-hydrogen) atoms. The average Bonchev–Trinajstić information content (AvgIpc) is 3.42. The van der Waals surface area contributed by atoms with Gasteiger partial charge in [-0.05, 0) is 30.7 Å². The number of alkyl halides is 4. The predicted molar refractivity (Wildman–Crippen MR) is 113 cm³/mol. The maximum Gasteiger partial charge on any atom is 0.461 e. The van der Waals surface area contributed by atoms with Gasteiger partial charge in [-0.1, -0.05) is 29.5 Å². The van der Waals surface area contributed by atoms with Crippen LogP contribution in [0.5, 0.6) is 5.75 Å². The van der Waals surface area contributed by atoms with Crippen molar-refractivity contribution in [3.05, 3.63) is 53.8 Å². The Hall–Kier alpha value is -3.28. The van der Waals surface area contributed by atoms with Gasteiger partial charge >= 0.3 is 12.5 Å². The first kappa shape index (κ1) is 24.4. The zero-order valence-electron chi connectivity index (χ0n) is 16.9. The van der Waals surface area contributed by atoms with E-state index in [9.17, 15) is 26.7 Å². The maximum atomic E-state index is 13.8. The number of amides is 1. The molecule has 1 atom stereocenters. The number of benzene rings is 2. The van der Waals surface area contributed by atoms with Gasteiger partial charge in [-0.2, -0.15) is 17.6 Å². The summed E-state index contributed by atoms with van der Waals surface area (Å²) in [4.78, 5) is 26.5. The fraction of sp³-hybridized carbons (Fsp3) is 0.286. The third kappa shape index (κ3) is 5.38. The van der Waals surface area contributed by atoms with Crippen molar-refractivity contribution in [2.45, 2.75) is 25.0 Å². The summed E-state index contributed by atoms with van der Waals surface area (Å²) in [7, 11) is 0. The molecule has 1 saturated heterocycles. The van der Waals surface area contributed by atoms with E-state index < -0.39 is 30.0 Å². The van der Waals surface area contributed by atoms with Gasteiger partial charge in [-0.15, -0.1) is 0 Å². The minimum Gasteiger partial charge on any atom is -0.427 e. The number of ether oxygens (including phenoxy) is 1. The largest absolute Gasteiger partial charge is 0.461 e. The minimum absolute atomic E-state index is 0.192. The van der Waals surface area contributed by atoms with E-state index in [1.165, 1.54) is 40.5 Å². The zero-order valence-corrected chi connectivity index (χ0v) is 17.8. The molecule has 1 amide bonds. The second-order valence-electron chi connectivity index (χ2n) is 6.95. The molecule has 0 unspecified atom stereocenters. The number of para-hydroxylation sites is 2. The van der Waals surface area contributed by atoms with Crippen molar-refractivity contribution in [3.8, 4) is 5.75 Å². The summed E-state index contributed by atoms with van der Waals surface area (Å²) in [5, 5.41) is 3.66. The number of aromatic nitrogens is 1. The average molecular weight is 487 g/mol. The van der Waals surface area contributed by atoms with E-state index in [4.69, 9.17) is 4.79 Å². The molecule has 0 spiro atoms. The number of thiazole rings is 1. The number of carbonyl (C=O) groups is 2. The number of fused-ring (bicyclic) bond motifs is 1. The molecule has 0 bridgehead atoms. The Morgan fingerprint density at radius 3 is 2.64 bits per heavy atom. The van der Waals surface area contributed by atoms with Crippen molar-refractivity contribution in [1.82, 2.24) is 9.88 Å². The number of anilines is 1. The number of hydrogen-bond donors (Lipinski definition) is 1. The van der Waals surface area contributed by atoms with E-state index in [0.29, 0.717) is 22.8 Å². The van der Waals surface area contributed by atoms with Crippen LogP contribution in [0.25, 0.3) is 10.2 Å². The van der Waals surface area contributed by atoms with Gasteiger partial charge in [0.1, 0.15) is 23.9 Å². The number of likely N-dealkylation sites (tertiary alicyclic amines) is 1. The van der Waals surface area contributed by atoms with E-state index in [2.05, 4.69) is 15.0 Å². The van der Waals surface area contributed by atoms with Gasteiger partial charge in [-0.3, -0.25) is 4.79 Å². The van der Waals surface area contributed by atoms with Crippen LogP contribution < -0.4 is 10.1 Å². The van der Waals surface area contributed by atoms with Crippen LogP contribution in [-0.2, 0) is 4.79 Å². The van der Waals surface area contributed by atoms with Crippen molar-refractivity contribution in [1.29, 1.82) is 0 Å². The van der Waals surface area contributed by atoms with Crippen LogP contribution in [0.4, 0.5) is 27.1 Å². The van der Waals surface area contributed by atoms with Gasteiger partial charge in [0, 0.05) is 19.1 Å². The molecule has 4 rings (SSSR count). The number of nitrogens with zero attached hydrogens (tertiary/aromatic N) is 2. The van der Waals surface area contributed by atoms with Crippen molar-refractivity contribution in [3.63, 3.8) is 0 Å². The molecule has 12 heteroatoms. The standard InChI is InChI=1S/C20H16F5N3O2S.CH2O/c21-13-5-3-7-15-16(13)27-19(31-15)26-11-8-9-28(10-11)17(29)12-4-1-2-6-14(12)30-20(24,25)18(22)23;1-2/h1-7,11,18H,8-10H2,(H,26,27);1H2/t11-;/m1./s1. The molecule has 0 saturated carbocycles. The lowest BCUT2D eigenvalue weighted by molar-refractivity contribution is -0.253. The number of carbonyl (C=O) groups excluding carboxylic acids is 2. The predicted octanol–water partition coefficient (Wildman–Crippen LogP) is 4.81. The van der Waals surface area contributed by atoms with Crippen LogP contribution in [0.1, 0.15) is 16.8 Å². The first-order valence-electron chi connectivity index (χ1n) is 9.58. The second-order valence-corrected chi connectivity index (χ2v) is 7.98. The van der Waals surface area contributed by atoms with Crippen LogP contribution in [-0.4, -0.2) is 54.2 Å². The number of rotatable bonds is 6. The Morgan fingerprint density at radius 1 is 1.21 bits per heavy atom. The SMILES string of the molecule is C=O.O=C(c1ccccc1OC(F)(F)C(F)F)N1CC[C@@H](Nc2nc3c(F)cccc3s2)C1. The first-order valence-corrected chi connectivity index (χ1v) is 10.4. The summed E-state index contributed by atoms with van der Waals surface area (Å²) in [6.45, 7) is 2.55. The quantitative estimate of drug-likeness (QED) is 0.505. The third-order valence-corrected chi connectivity index (χ3v) is 5.74. The van der Waals surface area contributed by atoms with Crippen molar-refractivity contribution >= 4 is 39.4 Å². The lowest BCUT2D eigenvalue weighted by atomic mass is 10.1. The molecule has 1 aliphatic rings. The second kappa shape index (κ2) is 10.1. The molecule has 2 aromatic carbocycles. The molecular formula is C21H18F5N3O3S. The lowest BCUT2D eigenvalue weighted by Gasteiger charge is -2.21. The van der Waals surface area contributed by atoms with Gasteiger partial charge in [0.25, 0.3) is 5.91 Å². The molecule has 2 heterocycles. The molecule has 0 radical (unpaired) electrons. The molecule has 1 aromatic heterocycles. The van der Waals surface area contributed by atoms with Crippen LogP contribution in [0, 0.1) is 5.82 Å². The summed E-state index contributed by atoms with van der Waals surface area (Å²) in [6.07, 6.45) is -8.21. The molecule has 3 aromatic rings. The van der Waals surface area contributed by atoms with E-state index >= 15 is 0 Å². The van der Waals surface area contributed by atoms with Gasteiger partial charge in [0.15, 0.2) is 5.13 Å². The summed E-state index contributed by atoms with van der Waals surface area (Å²) < 4.78 is 70.3. The molecular weight excluding hydrogens is 469 g/mol. The van der Waals surface area contributed by atoms with Crippen LogP contribution in [0.2, 0.25) is 0 Å². The van der Waals surface area contributed by atoms with Crippen LogP contribution >= 0.6 is 11.3 Å². The highest BCUT2D eigenvalue weighted by molar-refractivity contribution is 7.22. The van der Waals surface area contributed by atoms with E-state index in [-0.39, 0.29) is 23.7 Å². The molecule has 1 fully saturated rings. The molecule has 176 valence electrons. The third-order valence-electron chi connectivity index (χ3n) is 4.79. The first-order chi connectivity index (χ1) is 15.7. The van der Waals surface area contributed by atoms with Crippen molar-refractivity contribution in [2.24, 2.45) is 0 Å². The van der Waals surface area contributed by atoms with Crippen molar-refractivity contribution < 1.29 is 36.3 Å². The Labute approximate surface area is 189 Å². The number of nitrogens with one attached hydrogen (secondary N) is 1. The molecule has 1 aliphatic heterocycles. The Kier molecular flexibility index (Phi) is 7.46. The van der Waals surface area contributed by atoms with E-state index in [1.807, 2.05) is 6.79 Å². The fourth-order valence-electron chi connectivity index (χ4n) is 3.31. The summed E-state index contributed by atoms with van der Waals surface area (Å²) in [6, 6.07) is 9.50. The van der Waals surface area contributed by atoms with E-state index in [1.54, 1.807) is 12.1 Å². The van der Waals surface area contributed by atoms with Gasteiger partial charge in [0.2, 0.25) is 0 Å². The topological polar surface area (TPSA) is 71.5 Å². The number of hydrogen-bond acceptors (Lipinski definition) is 6. The minimum atomic E-state index is -4.71. The fourth-order valence-corrected chi connectivity index (χ4v) is 4.26. The smallest absolute Gasteiger partial charge is 0.427 e. The van der Waals surface area contributed by atoms with Crippen LogP contribution in [0.15, 0.2) is 42.5 Å². The summed E-state index contributed by atoms with van der Waals surface area (Å²) in [5.41, 5.74) is 0.0255. The highest BCUT2D eigenvalue weighted by atomic mass is 32.1. The molecule has 0 aliphatic carbocycles. The Balaban J connectivity index is 0.00000149. The zero-order chi connectivity index (χ0) is 24.2. The van der Waals surface area contributed by atoms with Gasteiger partial charge < -0.3 is 19.7 Å². The Bertz CT molecular complexity index is 1130. The summed E-state index contributed by atoms with van der Waals surface area (Å²) >= 11 is 1.28. The summed E-state index contributed by atoms with van der Waals surface area (Å²) in [5.74, 6) is -1.65. The molecule has 1 N–H and O–H groups in total. The molecule has 6 nitrogen and oxygen atoms in total. The Morgan fingerprint density at radius 2 is 1.94 bits per heavy atom. The highest BCUT2D eigenvalue weighted by Crippen LogP contribution is 2.32. The van der Waals surface area contributed by atoms with Crippen LogP contribution in [0.3, 0.4) is 0 Å². The lowest BCUT2D eigenvalue weighted by Crippen LogP contribution is -2.35. The van der Waals surface area contributed by atoms with Gasteiger partial charge in [-0.25, -0.2) is 9.37 Å². The van der Waals surface area contributed by atoms with Gasteiger partial charge in [0.05, 0.1) is 10.3 Å². The monoisotopic (exact) mass is 487 g/mol. The van der Waals surface area contributed by atoms with E-state index in [0.717, 1.165) is 6.07 Å².